The number of rotatable bonds is 5. The summed E-state index contributed by atoms with van der Waals surface area (Å²) in [6, 6.07) is 10.6. The van der Waals surface area contributed by atoms with E-state index in [1.54, 1.807) is 25.3 Å². The molecule has 1 amide bonds. The van der Waals surface area contributed by atoms with Crippen LogP contribution in [0.3, 0.4) is 0 Å². The molecule has 1 aromatic carbocycles. The van der Waals surface area contributed by atoms with E-state index in [1.165, 1.54) is 15.8 Å². The van der Waals surface area contributed by atoms with E-state index in [4.69, 9.17) is 9.15 Å². The highest BCUT2D eigenvalue weighted by Gasteiger charge is 2.23. The van der Waals surface area contributed by atoms with Gasteiger partial charge in [0.2, 0.25) is 0 Å². The number of piperidine rings is 1. The fraction of sp³-hybridized carbons (Fsp3) is 0.364. The van der Waals surface area contributed by atoms with Crippen molar-refractivity contribution in [2.45, 2.75) is 32.4 Å². The van der Waals surface area contributed by atoms with Crippen LogP contribution >= 0.6 is 11.3 Å². The van der Waals surface area contributed by atoms with E-state index in [0.717, 1.165) is 32.5 Å². The quantitative estimate of drug-likeness (QED) is 0.694. The molecule has 1 saturated heterocycles. The summed E-state index contributed by atoms with van der Waals surface area (Å²) in [5, 5.41) is 3.45. The normalized spacial score (nSPS) is 15.5. The number of hydrogen-bond acceptors (Lipinski definition) is 6. The smallest absolute Gasteiger partial charge is 0.287 e. The third kappa shape index (κ3) is 4.52. The fourth-order valence-electron chi connectivity index (χ4n) is 3.66. The second-order valence-electron chi connectivity index (χ2n) is 7.37. The van der Waals surface area contributed by atoms with E-state index in [2.05, 4.69) is 29.3 Å². The number of likely N-dealkylation sites (tertiary alicyclic amines) is 1. The van der Waals surface area contributed by atoms with Gasteiger partial charge in [-0.25, -0.2) is 0 Å². The van der Waals surface area contributed by atoms with E-state index in [-0.39, 0.29) is 23.1 Å². The molecule has 0 aliphatic carbocycles. The molecule has 29 heavy (non-hydrogen) atoms. The molecule has 0 atom stereocenters. The summed E-state index contributed by atoms with van der Waals surface area (Å²) < 4.78 is 10.9. The van der Waals surface area contributed by atoms with Crippen molar-refractivity contribution >= 4 is 28.2 Å². The second kappa shape index (κ2) is 8.39. The zero-order valence-electron chi connectivity index (χ0n) is 16.6. The van der Waals surface area contributed by atoms with Crippen LogP contribution in [-0.4, -0.2) is 37.0 Å². The first-order valence-corrected chi connectivity index (χ1v) is 10.5. The predicted octanol–water partition coefficient (Wildman–Crippen LogP) is 3.57. The summed E-state index contributed by atoms with van der Waals surface area (Å²) in [4.78, 5) is 30.1. The predicted molar refractivity (Wildman–Crippen MR) is 114 cm³/mol. The molecule has 0 radical (unpaired) electrons. The monoisotopic (exact) mass is 412 g/mol. The number of carbonyl (C=O) groups excluding carboxylic acids is 1. The van der Waals surface area contributed by atoms with E-state index >= 15 is 0 Å². The molecule has 2 aromatic heterocycles. The molecule has 3 heterocycles. The molecule has 3 aromatic rings. The van der Waals surface area contributed by atoms with Crippen LogP contribution in [0.15, 0.2) is 45.6 Å². The summed E-state index contributed by atoms with van der Waals surface area (Å²) in [7, 11) is 1.54. The Hall–Kier alpha value is -2.64. The van der Waals surface area contributed by atoms with Crippen LogP contribution in [0.1, 0.15) is 33.2 Å². The van der Waals surface area contributed by atoms with Gasteiger partial charge < -0.3 is 14.5 Å². The van der Waals surface area contributed by atoms with Gasteiger partial charge >= 0.3 is 0 Å². The molecule has 1 aliphatic rings. The summed E-state index contributed by atoms with van der Waals surface area (Å²) in [6.07, 6.45) is 1.75. The van der Waals surface area contributed by atoms with Crippen molar-refractivity contribution in [1.29, 1.82) is 0 Å². The lowest BCUT2D eigenvalue weighted by atomic mass is 10.0. The first kappa shape index (κ1) is 19.7. The van der Waals surface area contributed by atoms with Gasteiger partial charge in [0.05, 0.1) is 12.5 Å². The largest absolute Gasteiger partial charge is 0.497 e. The van der Waals surface area contributed by atoms with E-state index in [9.17, 15) is 9.59 Å². The first-order valence-electron chi connectivity index (χ1n) is 9.72. The van der Waals surface area contributed by atoms with Crippen molar-refractivity contribution in [2.75, 3.05) is 20.2 Å². The van der Waals surface area contributed by atoms with E-state index in [0.29, 0.717) is 16.7 Å². The van der Waals surface area contributed by atoms with Gasteiger partial charge in [-0.15, -0.1) is 11.3 Å². The van der Waals surface area contributed by atoms with Gasteiger partial charge in [-0.05, 0) is 44.0 Å². The number of fused-ring (bicyclic) bond motifs is 1. The molecule has 4 rings (SSSR count). The molecule has 1 N–H and O–H groups in total. The minimum absolute atomic E-state index is 0.0345. The van der Waals surface area contributed by atoms with Crippen molar-refractivity contribution in [1.82, 2.24) is 10.2 Å². The molecule has 0 bridgehead atoms. The molecule has 1 aliphatic heterocycles. The minimum atomic E-state index is -0.348. The van der Waals surface area contributed by atoms with Crippen molar-refractivity contribution in [3.63, 3.8) is 0 Å². The lowest BCUT2D eigenvalue weighted by Crippen LogP contribution is -2.44. The highest BCUT2D eigenvalue weighted by molar-refractivity contribution is 7.11. The van der Waals surface area contributed by atoms with Crippen molar-refractivity contribution < 1.29 is 13.9 Å². The van der Waals surface area contributed by atoms with Gasteiger partial charge in [0.15, 0.2) is 11.2 Å². The molecule has 0 spiro atoms. The van der Waals surface area contributed by atoms with Crippen LogP contribution in [0.5, 0.6) is 5.75 Å². The van der Waals surface area contributed by atoms with Crippen LogP contribution in [0.25, 0.3) is 11.0 Å². The van der Waals surface area contributed by atoms with Crippen LogP contribution in [0.4, 0.5) is 0 Å². The van der Waals surface area contributed by atoms with Crippen molar-refractivity contribution in [2.24, 2.45) is 0 Å². The maximum atomic E-state index is 12.7. The van der Waals surface area contributed by atoms with Crippen LogP contribution in [0, 0.1) is 6.92 Å². The van der Waals surface area contributed by atoms with Gasteiger partial charge in [0.1, 0.15) is 11.3 Å². The summed E-state index contributed by atoms with van der Waals surface area (Å²) >= 11 is 1.83. The summed E-state index contributed by atoms with van der Waals surface area (Å²) in [6.45, 7) is 4.94. The molecule has 1 fully saturated rings. The SMILES string of the molecule is COc1ccc2c(=O)cc(C(=O)NC3CCN(Cc4ccc(C)s4)CC3)oc2c1. The van der Waals surface area contributed by atoms with Crippen molar-refractivity contribution in [3.8, 4) is 5.75 Å². The Morgan fingerprint density at radius 1 is 1.24 bits per heavy atom. The molecule has 6 nitrogen and oxygen atoms in total. The Kier molecular flexibility index (Phi) is 5.69. The molecule has 0 unspecified atom stereocenters. The Labute approximate surface area is 173 Å². The van der Waals surface area contributed by atoms with Gasteiger partial charge in [0, 0.05) is 47.6 Å². The zero-order chi connectivity index (χ0) is 20.4. The van der Waals surface area contributed by atoms with Crippen LogP contribution in [0.2, 0.25) is 0 Å². The lowest BCUT2D eigenvalue weighted by molar-refractivity contribution is 0.0882. The molecular formula is C22H24N2O4S. The molecular weight excluding hydrogens is 388 g/mol. The Morgan fingerprint density at radius 2 is 2.03 bits per heavy atom. The number of aryl methyl sites for hydroxylation is 1. The second-order valence-corrected chi connectivity index (χ2v) is 8.75. The molecule has 7 heteroatoms. The minimum Gasteiger partial charge on any atom is -0.497 e. The topological polar surface area (TPSA) is 71.8 Å². The average Bonchev–Trinajstić information content (AvgIpc) is 3.13. The van der Waals surface area contributed by atoms with Gasteiger partial charge in [-0.3, -0.25) is 14.5 Å². The summed E-state index contributed by atoms with van der Waals surface area (Å²) in [5.74, 6) is 0.262. The summed E-state index contributed by atoms with van der Waals surface area (Å²) in [5.41, 5.74) is 0.114. The standard InChI is InChI=1S/C22H24N2O4S/c1-14-3-5-17(29-14)13-24-9-7-15(8-10-24)23-22(26)21-12-19(25)18-6-4-16(27-2)11-20(18)28-21/h3-6,11-12,15H,7-10,13H2,1-2H3,(H,23,26). The Bertz CT molecular complexity index is 1080. The van der Waals surface area contributed by atoms with Gasteiger partial charge in [-0.2, -0.15) is 0 Å². The number of nitrogens with zero attached hydrogens (tertiary/aromatic N) is 1. The third-order valence-electron chi connectivity index (χ3n) is 5.26. The number of benzene rings is 1. The number of amides is 1. The fourth-order valence-corrected chi connectivity index (χ4v) is 4.59. The first-order chi connectivity index (χ1) is 14.0. The van der Waals surface area contributed by atoms with Crippen LogP contribution < -0.4 is 15.5 Å². The molecule has 0 saturated carbocycles. The number of thiophene rings is 1. The van der Waals surface area contributed by atoms with E-state index in [1.807, 2.05) is 11.3 Å². The maximum absolute atomic E-state index is 12.7. The maximum Gasteiger partial charge on any atom is 0.287 e. The highest BCUT2D eigenvalue weighted by atomic mass is 32.1. The zero-order valence-corrected chi connectivity index (χ0v) is 17.4. The van der Waals surface area contributed by atoms with Crippen LogP contribution in [-0.2, 0) is 6.54 Å². The number of ether oxygens (including phenoxy) is 1. The number of methoxy groups -OCH3 is 1. The lowest BCUT2D eigenvalue weighted by Gasteiger charge is -2.31. The number of hydrogen-bond donors (Lipinski definition) is 1. The average molecular weight is 413 g/mol. The Balaban J connectivity index is 1.39. The van der Waals surface area contributed by atoms with E-state index < -0.39 is 0 Å². The number of nitrogens with one attached hydrogen (secondary N) is 1. The third-order valence-corrected chi connectivity index (χ3v) is 6.24. The van der Waals surface area contributed by atoms with Gasteiger partial charge in [0.25, 0.3) is 5.91 Å². The highest BCUT2D eigenvalue weighted by Crippen LogP contribution is 2.21. The van der Waals surface area contributed by atoms with Gasteiger partial charge in [-0.1, -0.05) is 0 Å². The van der Waals surface area contributed by atoms with Crippen molar-refractivity contribution in [3.05, 3.63) is 62.1 Å². The molecule has 152 valence electrons. The number of carbonyl (C=O) groups is 1. The Morgan fingerprint density at radius 3 is 2.72 bits per heavy atom.